The van der Waals surface area contributed by atoms with Crippen LogP contribution in [0.3, 0.4) is 0 Å². The van der Waals surface area contributed by atoms with Crippen LogP contribution in [0.5, 0.6) is 0 Å². The van der Waals surface area contributed by atoms with Crippen LogP contribution in [-0.2, 0) is 4.74 Å². The lowest BCUT2D eigenvalue weighted by Gasteiger charge is -1.99. The molecule has 11 heavy (non-hydrogen) atoms. The zero-order valence-corrected chi connectivity index (χ0v) is 6.47. The van der Waals surface area contributed by atoms with E-state index < -0.39 is 0 Å². The van der Waals surface area contributed by atoms with E-state index in [-0.39, 0.29) is 5.97 Å². The highest BCUT2D eigenvalue weighted by Crippen LogP contribution is 2.12. The molecule has 4 nitrogen and oxygen atoms in total. The van der Waals surface area contributed by atoms with Crippen molar-refractivity contribution in [3.63, 3.8) is 0 Å². The number of aromatic amines is 1. The fourth-order valence-corrected chi connectivity index (χ4v) is 0.856. The first-order valence-electron chi connectivity index (χ1n) is 3.23. The van der Waals surface area contributed by atoms with E-state index in [0.29, 0.717) is 11.4 Å². The Morgan fingerprint density at radius 3 is 3.00 bits per heavy atom. The Labute approximate surface area is 64.6 Å². The number of hydrogen-bond acceptors (Lipinski definition) is 3. The predicted octanol–water partition coefficient (Wildman–Crippen LogP) is 0.843. The summed E-state index contributed by atoms with van der Waals surface area (Å²) in [6, 6.07) is 1.66. The Kier molecular flexibility index (Phi) is 2.15. The van der Waals surface area contributed by atoms with Gasteiger partial charge < -0.3 is 15.0 Å². The molecule has 1 aromatic rings. The van der Waals surface area contributed by atoms with Crippen LogP contribution in [0.25, 0.3) is 0 Å². The van der Waals surface area contributed by atoms with E-state index >= 15 is 0 Å². The molecule has 0 amide bonds. The zero-order chi connectivity index (χ0) is 8.27. The molecule has 1 aromatic heterocycles. The van der Waals surface area contributed by atoms with Gasteiger partial charge in [0.1, 0.15) is 11.4 Å². The standard InChI is InChI=1S/C7H10N2O2/c1-8-6-5(3-4-9-6)7(10)11-2/h3-4,8-9H,1-2H3. The molecule has 0 aliphatic rings. The first kappa shape index (κ1) is 7.65. The van der Waals surface area contributed by atoms with Gasteiger partial charge in [0.25, 0.3) is 0 Å². The van der Waals surface area contributed by atoms with Gasteiger partial charge in [-0.25, -0.2) is 4.79 Å². The van der Waals surface area contributed by atoms with Gasteiger partial charge in [-0.1, -0.05) is 0 Å². The second-order valence-corrected chi connectivity index (χ2v) is 2.01. The van der Waals surface area contributed by atoms with E-state index in [1.807, 2.05) is 0 Å². The van der Waals surface area contributed by atoms with Gasteiger partial charge in [-0.05, 0) is 6.07 Å². The molecule has 1 rings (SSSR count). The van der Waals surface area contributed by atoms with Gasteiger partial charge in [-0.15, -0.1) is 0 Å². The number of hydrogen-bond donors (Lipinski definition) is 2. The highest BCUT2D eigenvalue weighted by Gasteiger charge is 2.10. The first-order valence-corrected chi connectivity index (χ1v) is 3.23. The summed E-state index contributed by atoms with van der Waals surface area (Å²) in [5.41, 5.74) is 0.523. The molecule has 0 spiro atoms. The van der Waals surface area contributed by atoms with Crippen LogP contribution in [0.4, 0.5) is 5.82 Å². The minimum absolute atomic E-state index is 0.337. The van der Waals surface area contributed by atoms with Crippen LogP contribution in [0.2, 0.25) is 0 Å². The van der Waals surface area contributed by atoms with E-state index in [2.05, 4.69) is 15.0 Å². The second-order valence-electron chi connectivity index (χ2n) is 2.01. The normalized spacial score (nSPS) is 9.27. The van der Waals surface area contributed by atoms with Crippen LogP contribution in [-0.4, -0.2) is 25.1 Å². The van der Waals surface area contributed by atoms with Crippen LogP contribution < -0.4 is 5.32 Å². The van der Waals surface area contributed by atoms with Crippen molar-refractivity contribution >= 4 is 11.8 Å². The van der Waals surface area contributed by atoms with Gasteiger partial charge >= 0.3 is 5.97 Å². The molecular formula is C7H10N2O2. The van der Waals surface area contributed by atoms with Crippen LogP contribution in [0.15, 0.2) is 12.3 Å². The molecule has 0 saturated carbocycles. The number of anilines is 1. The van der Waals surface area contributed by atoms with Crippen molar-refractivity contribution in [2.24, 2.45) is 0 Å². The SMILES string of the molecule is CNc1[nH]ccc1C(=O)OC. The molecule has 1 heterocycles. The number of carbonyl (C=O) groups excluding carboxylic acids is 1. The predicted molar refractivity (Wildman–Crippen MR) is 41.7 cm³/mol. The van der Waals surface area contributed by atoms with Gasteiger partial charge in [0.2, 0.25) is 0 Å². The summed E-state index contributed by atoms with van der Waals surface area (Å²) in [6.45, 7) is 0. The molecule has 0 bridgehead atoms. The van der Waals surface area contributed by atoms with Crippen molar-refractivity contribution in [1.29, 1.82) is 0 Å². The number of rotatable bonds is 2. The lowest BCUT2D eigenvalue weighted by Crippen LogP contribution is -2.03. The average molecular weight is 154 g/mol. The number of esters is 1. The topological polar surface area (TPSA) is 54.1 Å². The van der Waals surface area contributed by atoms with Crippen LogP contribution in [0, 0.1) is 0 Å². The first-order chi connectivity index (χ1) is 5.29. The number of carbonyl (C=O) groups is 1. The Morgan fingerprint density at radius 2 is 2.45 bits per heavy atom. The number of methoxy groups -OCH3 is 1. The maximum atomic E-state index is 11.0. The molecule has 0 aliphatic carbocycles. The smallest absolute Gasteiger partial charge is 0.341 e. The Morgan fingerprint density at radius 1 is 1.73 bits per heavy atom. The summed E-state index contributed by atoms with van der Waals surface area (Å²) in [4.78, 5) is 13.8. The third kappa shape index (κ3) is 1.34. The minimum Gasteiger partial charge on any atom is -0.465 e. The van der Waals surface area contributed by atoms with E-state index in [1.54, 1.807) is 19.3 Å². The fraction of sp³-hybridized carbons (Fsp3) is 0.286. The van der Waals surface area contributed by atoms with Crippen LogP contribution >= 0.6 is 0 Å². The Bertz CT molecular complexity index is 255. The lowest BCUT2D eigenvalue weighted by molar-refractivity contribution is 0.0602. The van der Waals surface area contributed by atoms with Crippen molar-refractivity contribution in [3.8, 4) is 0 Å². The second kappa shape index (κ2) is 3.09. The third-order valence-electron chi connectivity index (χ3n) is 1.40. The molecule has 0 aromatic carbocycles. The lowest BCUT2D eigenvalue weighted by atomic mass is 10.3. The van der Waals surface area contributed by atoms with Crippen molar-refractivity contribution in [2.75, 3.05) is 19.5 Å². The number of H-pyrrole nitrogens is 1. The summed E-state index contributed by atoms with van der Waals surface area (Å²) >= 11 is 0. The zero-order valence-electron chi connectivity index (χ0n) is 6.47. The maximum Gasteiger partial charge on any atom is 0.341 e. The van der Waals surface area contributed by atoms with Crippen molar-refractivity contribution in [3.05, 3.63) is 17.8 Å². The Hall–Kier alpha value is -1.45. The molecule has 0 atom stereocenters. The molecule has 0 radical (unpaired) electrons. The van der Waals surface area contributed by atoms with E-state index in [4.69, 9.17) is 0 Å². The summed E-state index contributed by atoms with van der Waals surface area (Å²) < 4.78 is 4.54. The molecule has 60 valence electrons. The molecule has 0 aliphatic heterocycles. The van der Waals surface area contributed by atoms with E-state index in [9.17, 15) is 4.79 Å². The molecule has 0 unspecified atom stereocenters. The van der Waals surface area contributed by atoms with Gasteiger partial charge in [0, 0.05) is 13.2 Å². The Balaban J connectivity index is 2.92. The average Bonchev–Trinajstić information content (AvgIpc) is 2.50. The summed E-state index contributed by atoms with van der Waals surface area (Å²) in [5, 5.41) is 2.83. The number of nitrogens with one attached hydrogen (secondary N) is 2. The largest absolute Gasteiger partial charge is 0.465 e. The molecule has 2 N–H and O–H groups in total. The fourth-order valence-electron chi connectivity index (χ4n) is 0.856. The van der Waals surface area contributed by atoms with Gasteiger partial charge in [-0.2, -0.15) is 0 Å². The van der Waals surface area contributed by atoms with Crippen molar-refractivity contribution in [1.82, 2.24) is 4.98 Å². The molecule has 0 saturated heterocycles. The minimum atomic E-state index is -0.337. The highest BCUT2D eigenvalue weighted by atomic mass is 16.5. The third-order valence-corrected chi connectivity index (χ3v) is 1.40. The van der Waals surface area contributed by atoms with Gasteiger partial charge in [0.05, 0.1) is 7.11 Å². The number of ether oxygens (including phenoxy) is 1. The summed E-state index contributed by atoms with van der Waals surface area (Å²) in [6.07, 6.45) is 1.68. The van der Waals surface area contributed by atoms with Crippen LogP contribution in [0.1, 0.15) is 10.4 Å². The monoisotopic (exact) mass is 154 g/mol. The molecular weight excluding hydrogens is 144 g/mol. The van der Waals surface area contributed by atoms with Gasteiger partial charge in [-0.3, -0.25) is 0 Å². The number of aromatic nitrogens is 1. The molecule has 0 fully saturated rings. The summed E-state index contributed by atoms with van der Waals surface area (Å²) in [7, 11) is 3.09. The highest BCUT2D eigenvalue weighted by molar-refractivity contribution is 5.94. The molecule has 4 heteroatoms. The summed E-state index contributed by atoms with van der Waals surface area (Å²) in [5.74, 6) is 0.340. The van der Waals surface area contributed by atoms with Crippen molar-refractivity contribution < 1.29 is 9.53 Å². The maximum absolute atomic E-state index is 11.0. The van der Waals surface area contributed by atoms with Crippen molar-refractivity contribution in [2.45, 2.75) is 0 Å². The quantitative estimate of drug-likeness (QED) is 0.621. The van der Waals surface area contributed by atoms with Gasteiger partial charge in [0.15, 0.2) is 0 Å². The van der Waals surface area contributed by atoms with E-state index in [0.717, 1.165) is 0 Å². The van der Waals surface area contributed by atoms with E-state index in [1.165, 1.54) is 7.11 Å².